The first-order valence-electron chi connectivity index (χ1n) is 8.22. The molecule has 3 heteroatoms. The molecule has 0 fully saturated rings. The van der Waals surface area contributed by atoms with Gasteiger partial charge >= 0.3 is 0 Å². The van der Waals surface area contributed by atoms with Crippen LogP contribution in [0, 0.1) is 0 Å². The third-order valence-electron chi connectivity index (χ3n) is 4.05. The van der Waals surface area contributed by atoms with Gasteiger partial charge in [0.15, 0.2) is 0 Å². The van der Waals surface area contributed by atoms with Crippen molar-refractivity contribution >= 4 is 10.9 Å². The van der Waals surface area contributed by atoms with Crippen molar-refractivity contribution in [2.45, 2.75) is 39.5 Å². The van der Waals surface area contributed by atoms with Crippen LogP contribution in [0.5, 0.6) is 0 Å². The van der Waals surface area contributed by atoms with Gasteiger partial charge in [-0.1, -0.05) is 51.5 Å². The van der Waals surface area contributed by atoms with Crippen LogP contribution < -0.4 is 5.56 Å². The summed E-state index contributed by atoms with van der Waals surface area (Å²) in [5.74, 6) is 0.972. The molecule has 0 bridgehead atoms. The Morgan fingerprint density at radius 3 is 2.39 bits per heavy atom. The number of nitrogens with zero attached hydrogens (tertiary/aromatic N) is 2. The lowest BCUT2D eigenvalue weighted by Crippen LogP contribution is -2.24. The van der Waals surface area contributed by atoms with Crippen LogP contribution >= 0.6 is 0 Å². The van der Waals surface area contributed by atoms with Gasteiger partial charge in [-0.05, 0) is 36.2 Å². The Morgan fingerprint density at radius 1 is 1.04 bits per heavy atom. The number of rotatable bonds is 4. The van der Waals surface area contributed by atoms with E-state index in [9.17, 15) is 4.79 Å². The van der Waals surface area contributed by atoms with Crippen LogP contribution in [-0.4, -0.2) is 9.55 Å². The minimum Gasteiger partial charge on any atom is -0.268 e. The van der Waals surface area contributed by atoms with E-state index in [4.69, 9.17) is 4.98 Å². The van der Waals surface area contributed by atoms with Gasteiger partial charge in [0.1, 0.15) is 5.82 Å². The van der Waals surface area contributed by atoms with Crippen molar-refractivity contribution in [3.8, 4) is 5.69 Å². The molecule has 0 unspecified atom stereocenters. The molecule has 0 spiro atoms. The summed E-state index contributed by atoms with van der Waals surface area (Å²) in [6, 6.07) is 15.8. The van der Waals surface area contributed by atoms with Gasteiger partial charge in [-0.25, -0.2) is 4.98 Å². The molecule has 0 saturated heterocycles. The Labute approximate surface area is 136 Å². The number of benzene rings is 2. The number of aromatic nitrogens is 2. The molecule has 0 amide bonds. The predicted octanol–water partition coefficient (Wildman–Crippen LogP) is 4.46. The summed E-state index contributed by atoms with van der Waals surface area (Å²) in [7, 11) is 0. The monoisotopic (exact) mass is 306 g/mol. The van der Waals surface area contributed by atoms with Crippen LogP contribution in [0.25, 0.3) is 16.6 Å². The normalized spacial score (nSPS) is 11.3. The maximum Gasteiger partial charge on any atom is 0.265 e. The largest absolute Gasteiger partial charge is 0.268 e. The molecule has 0 N–H and O–H groups in total. The van der Waals surface area contributed by atoms with Gasteiger partial charge in [0, 0.05) is 5.92 Å². The van der Waals surface area contributed by atoms with Crippen LogP contribution in [0.4, 0.5) is 0 Å². The van der Waals surface area contributed by atoms with Gasteiger partial charge in [0.2, 0.25) is 0 Å². The lowest BCUT2D eigenvalue weighted by atomic mass is 10.1. The van der Waals surface area contributed by atoms with Crippen molar-refractivity contribution in [2.75, 3.05) is 0 Å². The van der Waals surface area contributed by atoms with Crippen molar-refractivity contribution in [3.05, 3.63) is 70.3 Å². The molecule has 3 aromatic rings. The fourth-order valence-corrected chi connectivity index (χ4v) is 2.89. The molecule has 0 aliphatic carbocycles. The first kappa shape index (κ1) is 15.5. The van der Waals surface area contributed by atoms with Crippen LogP contribution in [0.3, 0.4) is 0 Å². The summed E-state index contributed by atoms with van der Waals surface area (Å²) < 4.78 is 1.75. The molecule has 0 atom stereocenters. The first-order chi connectivity index (χ1) is 11.1. The van der Waals surface area contributed by atoms with Crippen molar-refractivity contribution in [2.24, 2.45) is 0 Å². The van der Waals surface area contributed by atoms with E-state index >= 15 is 0 Å². The van der Waals surface area contributed by atoms with E-state index in [0.717, 1.165) is 29.9 Å². The molecule has 23 heavy (non-hydrogen) atoms. The van der Waals surface area contributed by atoms with Gasteiger partial charge in [-0.3, -0.25) is 9.36 Å². The highest BCUT2D eigenvalue weighted by Gasteiger charge is 2.14. The SMILES string of the molecule is CCCc1ccc(-n2c(C(C)C)nc3ccccc3c2=O)cc1. The van der Waals surface area contributed by atoms with E-state index in [1.807, 2.05) is 36.4 Å². The highest BCUT2D eigenvalue weighted by molar-refractivity contribution is 5.77. The van der Waals surface area contributed by atoms with Crippen LogP contribution in [-0.2, 0) is 6.42 Å². The van der Waals surface area contributed by atoms with Gasteiger partial charge in [-0.15, -0.1) is 0 Å². The molecule has 3 rings (SSSR count). The summed E-state index contributed by atoms with van der Waals surface area (Å²) in [5, 5.41) is 0.662. The highest BCUT2D eigenvalue weighted by Crippen LogP contribution is 2.19. The first-order valence-corrected chi connectivity index (χ1v) is 8.22. The van der Waals surface area contributed by atoms with Gasteiger partial charge in [-0.2, -0.15) is 0 Å². The maximum absolute atomic E-state index is 13.0. The fraction of sp³-hybridized carbons (Fsp3) is 0.300. The quantitative estimate of drug-likeness (QED) is 0.713. The summed E-state index contributed by atoms with van der Waals surface area (Å²) >= 11 is 0. The van der Waals surface area contributed by atoms with E-state index in [1.54, 1.807) is 4.57 Å². The summed E-state index contributed by atoms with van der Waals surface area (Å²) in [6.07, 6.45) is 2.18. The Kier molecular flexibility index (Phi) is 4.28. The molecule has 1 heterocycles. The van der Waals surface area contributed by atoms with Crippen LogP contribution in [0.1, 0.15) is 44.5 Å². The zero-order valence-electron chi connectivity index (χ0n) is 13.9. The summed E-state index contributed by atoms with van der Waals surface area (Å²) in [6.45, 7) is 6.31. The molecule has 1 aromatic heterocycles. The van der Waals surface area contributed by atoms with E-state index in [2.05, 4.69) is 32.9 Å². The summed E-state index contributed by atoms with van der Waals surface area (Å²) in [5.41, 5.74) is 2.95. The van der Waals surface area contributed by atoms with Gasteiger partial charge in [0.25, 0.3) is 5.56 Å². The fourth-order valence-electron chi connectivity index (χ4n) is 2.89. The molecular weight excluding hydrogens is 284 g/mol. The second kappa shape index (κ2) is 6.37. The van der Waals surface area contributed by atoms with E-state index in [1.165, 1.54) is 5.56 Å². The number of hydrogen-bond acceptors (Lipinski definition) is 2. The Hall–Kier alpha value is -2.42. The molecule has 3 nitrogen and oxygen atoms in total. The Balaban J connectivity index is 2.24. The van der Waals surface area contributed by atoms with Crippen molar-refractivity contribution < 1.29 is 0 Å². The molecule has 0 aliphatic rings. The zero-order chi connectivity index (χ0) is 16.4. The van der Waals surface area contributed by atoms with Gasteiger partial charge in [0.05, 0.1) is 16.6 Å². The highest BCUT2D eigenvalue weighted by atomic mass is 16.1. The number of aryl methyl sites for hydroxylation is 1. The molecule has 118 valence electrons. The Morgan fingerprint density at radius 2 is 1.74 bits per heavy atom. The Bertz CT molecular complexity index is 876. The smallest absolute Gasteiger partial charge is 0.265 e. The minimum absolute atomic E-state index is 0.00235. The minimum atomic E-state index is 0.00235. The van der Waals surface area contributed by atoms with Crippen LogP contribution in [0.2, 0.25) is 0 Å². The maximum atomic E-state index is 13.0. The molecule has 0 radical (unpaired) electrons. The lowest BCUT2D eigenvalue weighted by molar-refractivity contribution is 0.722. The average molecular weight is 306 g/mol. The van der Waals surface area contributed by atoms with E-state index in [-0.39, 0.29) is 11.5 Å². The van der Waals surface area contributed by atoms with Crippen molar-refractivity contribution in [3.63, 3.8) is 0 Å². The third-order valence-corrected chi connectivity index (χ3v) is 4.05. The topological polar surface area (TPSA) is 34.9 Å². The van der Waals surface area contributed by atoms with Crippen molar-refractivity contribution in [1.82, 2.24) is 9.55 Å². The van der Waals surface area contributed by atoms with Crippen LogP contribution in [0.15, 0.2) is 53.3 Å². The standard InChI is InChI=1S/C20H22N2O/c1-4-7-15-10-12-16(13-11-15)22-19(14(2)3)21-18-9-6-5-8-17(18)20(22)23/h5-6,8-14H,4,7H2,1-3H3. The van der Waals surface area contributed by atoms with Gasteiger partial charge < -0.3 is 0 Å². The van der Waals surface area contributed by atoms with Crippen molar-refractivity contribution in [1.29, 1.82) is 0 Å². The molecular formula is C20H22N2O. The number of fused-ring (bicyclic) bond motifs is 1. The molecule has 0 saturated carbocycles. The molecule has 0 aliphatic heterocycles. The average Bonchev–Trinajstić information content (AvgIpc) is 2.56. The predicted molar refractivity (Wildman–Crippen MR) is 95.4 cm³/mol. The second-order valence-electron chi connectivity index (χ2n) is 6.20. The zero-order valence-corrected chi connectivity index (χ0v) is 13.9. The third kappa shape index (κ3) is 2.91. The number of hydrogen-bond donors (Lipinski definition) is 0. The summed E-state index contributed by atoms with van der Waals surface area (Å²) in [4.78, 5) is 17.7. The second-order valence-corrected chi connectivity index (χ2v) is 6.20. The number of para-hydroxylation sites is 1. The molecule has 2 aromatic carbocycles. The van der Waals surface area contributed by atoms with E-state index < -0.39 is 0 Å². The van der Waals surface area contributed by atoms with E-state index in [0.29, 0.717) is 5.39 Å². The lowest BCUT2D eigenvalue weighted by Gasteiger charge is -2.16.